The molecule has 5 nitrogen and oxygen atoms in total. The maximum atomic E-state index is 12.0. The summed E-state index contributed by atoms with van der Waals surface area (Å²) in [5, 5.41) is 13.1. The van der Waals surface area contributed by atoms with Crippen LogP contribution < -0.4 is 5.32 Å². The lowest BCUT2D eigenvalue weighted by atomic mass is 9.95. The zero-order valence-electron chi connectivity index (χ0n) is 14.8. The summed E-state index contributed by atoms with van der Waals surface area (Å²) in [6.07, 6.45) is 1.22. The summed E-state index contributed by atoms with van der Waals surface area (Å²) >= 11 is 0. The molecule has 0 aromatic heterocycles. The van der Waals surface area contributed by atoms with E-state index in [9.17, 15) is 9.90 Å². The zero-order valence-corrected chi connectivity index (χ0v) is 14.8. The summed E-state index contributed by atoms with van der Waals surface area (Å²) in [7, 11) is 0. The molecular formula is C19H30N2O3. The average molecular weight is 334 g/mol. The number of benzene rings is 1. The number of nitrogens with one attached hydrogen (secondary N) is 1. The molecule has 0 aliphatic carbocycles. The molecule has 1 aromatic rings. The van der Waals surface area contributed by atoms with E-state index >= 15 is 0 Å². The average Bonchev–Trinajstić information content (AvgIpc) is 2.56. The molecule has 2 N–H and O–H groups in total. The quantitative estimate of drug-likeness (QED) is 0.761. The summed E-state index contributed by atoms with van der Waals surface area (Å²) in [5.74, 6) is 0.270. The predicted octanol–water partition coefficient (Wildman–Crippen LogP) is 1.80. The number of rotatable bonds is 8. The molecule has 1 heterocycles. The van der Waals surface area contributed by atoms with E-state index in [4.69, 9.17) is 4.74 Å². The second-order valence-electron chi connectivity index (χ2n) is 6.89. The molecule has 0 bridgehead atoms. The van der Waals surface area contributed by atoms with Gasteiger partial charge in [0.1, 0.15) is 0 Å². The Kier molecular flexibility index (Phi) is 7.69. The summed E-state index contributed by atoms with van der Waals surface area (Å²) in [6.45, 7) is 7.14. The van der Waals surface area contributed by atoms with Gasteiger partial charge in [-0.3, -0.25) is 4.79 Å². The Morgan fingerprint density at radius 1 is 1.29 bits per heavy atom. The lowest BCUT2D eigenvalue weighted by molar-refractivity contribution is -0.127. The molecule has 1 amide bonds. The van der Waals surface area contributed by atoms with E-state index in [0.29, 0.717) is 19.8 Å². The van der Waals surface area contributed by atoms with Crippen LogP contribution in [0.2, 0.25) is 0 Å². The molecule has 0 spiro atoms. The lowest BCUT2D eigenvalue weighted by Gasteiger charge is -2.32. The highest BCUT2D eigenvalue weighted by Crippen LogP contribution is 2.17. The number of nitrogens with zero attached hydrogens (tertiary/aromatic N) is 1. The Morgan fingerprint density at radius 2 is 1.96 bits per heavy atom. The molecular weight excluding hydrogens is 304 g/mol. The first kappa shape index (κ1) is 18.9. The predicted molar refractivity (Wildman–Crippen MR) is 94.5 cm³/mol. The van der Waals surface area contributed by atoms with E-state index in [-0.39, 0.29) is 17.9 Å². The van der Waals surface area contributed by atoms with Gasteiger partial charge in [-0.15, -0.1) is 0 Å². The van der Waals surface area contributed by atoms with E-state index in [1.165, 1.54) is 0 Å². The van der Waals surface area contributed by atoms with Crippen molar-refractivity contribution in [3.8, 4) is 0 Å². The van der Waals surface area contributed by atoms with Crippen molar-refractivity contribution < 1.29 is 14.6 Å². The fraction of sp³-hybridized carbons (Fsp3) is 0.632. The van der Waals surface area contributed by atoms with Crippen LogP contribution in [-0.4, -0.2) is 54.3 Å². The summed E-state index contributed by atoms with van der Waals surface area (Å²) in [4.78, 5) is 14.2. The molecule has 5 heteroatoms. The van der Waals surface area contributed by atoms with Gasteiger partial charge >= 0.3 is 0 Å². The molecule has 1 saturated heterocycles. The number of ether oxygens (including phenoxy) is 1. The number of likely N-dealkylation sites (tertiary alicyclic amines) is 1. The second-order valence-corrected chi connectivity index (χ2v) is 6.89. The third kappa shape index (κ3) is 6.59. The molecule has 0 saturated carbocycles. The van der Waals surface area contributed by atoms with Gasteiger partial charge in [0.05, 0.1) is 19.3 Å². The Bertz CT molecular complexity index is 485. The van der Waals surface area contributed by atoms with Crippen LogP contribution in [-0.2, 0) is 16.1 Å². The van der Waals surface area contributed by atoms with Crippen molar-refractivity contribution in [2.45, 2.75) is 45.4 Å². The molecule has 0 radical (unpaired) electrons. The highest BCUT2D eigenvalue weighted by Gasteiger charge is 2.26. The Hall–Kier alpha value is -1.43. The minimum absolute atomic E-state index is 0.107. The number of piperidine rings is 1. The van der Waals surface area contributed by atoms with Crippen LogP contribution >= 0.6 is 0 Å². The Morgan fingerprint density at radius 3 is 2.58 bits per heavy atom. The van der Waals surface area contributed by atoms with Gasteiger partial charge in [0.25, 0.3) is 0 Å². The third-order valence-electron chi connectivity index (χ3n) is 4.28. The van der Waals surface area contributed by atoms with E-state index in [0.717, 1.165) is 31.5 Å². The Balaban J connectivity index is 1.61. The SMILES string of the molecule is CC(C)NC(=O)C1CCN(CC(O)COCc2ccccc2)CC1. The number of carbonyl (C=O) groups is 1. The topological polar surface area (TPSA) is 61.8 Å². The number of hydrogen-bond acceptors (Lipinski definition) is 4. The standard InChI is InChI=1S/C19H30N2O3/c1-15(2)20-19(23)17-8-10-21(11-9-17)12-18(22)14-24-13-16-6-4-3-5-7-16/h3-7,15,17-18,22H,8-14H2,1-2H3,(H,20,23). The summed E-state index contributed by atoms with van der Waals surface area (Å²) in [6, 6.07) is 10.2. The van der Waals surface area contributed by atoms with Crippen LogP contribution in [0.25, 0.3) is 0 Å². The van der Waals surface area contributed by atoms with Gasteiger partial charge in [-0.25, -0.2) is 0 Å². The van der Waals surface area contributed by atoms with Crippen LogP contribution in [0.15, 0.2) is 30.3 Å². The number of hydrogen-bond donors (Lipinski definition) is 2. The van der Waals surface area contributed by atoms with Crippen molar-refractivity contribution in [1.29, 1.82) is 0 Å². The van der Waals surface area contributed by atoms with Gasteiger partial charge in [0, 0.05) is 18.5 Å². The second kappa shape index (κ2) is 9.77. The first-order valence-electron chi connectivity index (χ1n) is 8.87. The largest absolute Gasteiger partial charge is 0.389 e. The van der Waals surface area contributed by atoms with Crippen LogP contribution in [0.5, 0.6) is 0 Å². The number of carbonyl (C=O) groups excluding carboxylic acids is 1. The molecule has 24 heavy (non-hydrogen) atoms. The minimum atomic E-state index is -0.491. The number of amides is 1. The highest BCUT2D eigenvalue weighted by molar-refractivity contribution is 5.78. The first-order chi connectivity index (χ1) is 11.5. The van der Waals surface area contributed by atoms with E-state index < -0.39 is 6.10 Å². The smallest absolute Gasteiger partial charge is 0.223 e. The van der Waals surface area contributed by atoms with E-state index in [1.807, 2.05) is 44.2 Å². The normalized spacial score (nSPS) is 17.8. The molecule has 1 atom stereocenters. The van der Waals surface area contributed by atoms with Crippen molar-refractivity contribution >= 4 is 5.91 Å². The van der Waals surface area contributed by atoms with Crippen molar-refractivity contribution in [3.63, 3.8) is 0 Å². The van der Waals surface area contributed by atoms with Gasteiger partial charge < -0.3 is 20.1 Å². The molecule has 134 valence electrons. The molecule has 1 aliphatic rings. The van der Waals surface area contributed by atoms with Crippen molar-refractivity contribution in [3.05, 3.63) is 35.9 Å². The third-order valence-corrected chi connectivity index (χ3v) is 4.28. The summed E-state index contributed by atoms with van der Waals surface area (Å²) < 4.78 is 5.59. The maximum absolute atomic E-state index is 12.0. The molecule has 1 fully saturated rings. The van der Waals surface area contributed by atoms with Crippen molar-refractivity contribution in [1.82, 2.24) is 10.2 Å². The first-order valence-corrected chi connectivity index (χ1v) is 8.87. The number of aliphatic hydroxyl groups excluding tert-OH is 1. The zero-order chi connectivity index (χ0) is 17.4. The van der Waals surface area contributed by atoms with Gasteiger partial charge in [0.2, 0.25) is 5.91 Å². The van der Waals surface area contributed by atoms with Gasteiger partial charge in [-0.1, -0.05) is 30.3 Å². The monoisotopic (exact) mass is 334 g/mol. The molecule has 1 unspecified atom stereocenters. The van der Waals surface area contributed by atoms with Gasteiger partial charge in [-0.2, -0.15) is 0 Å². The number of β-amino-alcohol motifs (C(OH)–C–C–N with tert-alkyl or cyclic N) is 1. The Labute approximate surface area is 145 Å². The molecule has 2 rings (SSSR count). The van der Waals surface area contributed by atoms with Crippen LogP contribution in [0, 0.1) is 5.92 Å². The van der Waals surface area contributed by atoms with Crippen LogP contribution in [0.1, 0.15) is 32.3 Å². The lowest BCUT2D eigenvalue weighted by Crippen LogP contribution is -2.44. The van der Waals surface area contributed by atoms with Gasteiger partial charge in [-0.05, 0) is 45.3 Å². The molecule has 1 aromatic carbocycles. The summed E-state index contributed by atoms with van der Waals surface area (Å²) in [5.41, 5.74) is 1.11. The van der Waals surface area contributed by atoms with E-state index in [2.05, 4.69) is 10.2 Å². The fourth-order valence-corrected chi connectivity index (χ4v) is 3.02. The fourth-order valence-electron chi connectivity index (χ4n) is 3.02. The van der Waals surface area contributed by atoms with Crippen molar-refractivity contribution in [2.75, 3.05) is 26.2 Å². The van der Waals surface area contributed by atoms with Crippen LogP contribution in [0.4, 0.5) is 0 Å². The highest BCUT2D eigenvalue weighted by atomic mass is 16.5. The minimum Gasteiger partial charge on any atom is -0.389 e. The van der Waals surface area contributed by atoms with Gasteiger partial charge in [0.15, 0.2) is 0 Å². The maximum Gasteiger partial charge on any atom is 0.223 e. The number of aliphatic hydroxyl groups is 1. The molecule has 1 aliphatic heterocycles. The van der Waals surface area contributed by atoms with E-state index in [1.54, 1.807) is 0 Å². The van der Waals surface area contributed by atoms with Crippen LogP contribution in [0.3, 0.4) is 0 Å². The van der Waals surface area contributed by atoms with Crippen molar-refractivity contribution in [2.24, 2.45) is 5.92 Å².